The van der Waals surface area contributed by atoms with Crippen LogP contribution in [0, 0.1) is 0 Å². The average molecular weight is 398 g/mol. The molecule has 13 nitrogen and oxygen atoms in total. The highest BCUT2D eigenvalue weighted by Crippen LogP contribution is 2.29. The van der Waals surface area contributed by atoms with Gasteiger partial charge in [-0.15, -0.1) is 0 Å². The van der Waals surface area contributed by atoms with Gasteiger partial charge in [-0.25, -0.2) is 9.59 Å². The molecule has 2 aliphatic rings. The molecule has 7 N–H and O–H groups in total. The molecule has 0 aliphatic carbocycles. The molecule has 27 heavy (non-hydrogen) atoms. The lowest BCUT2D eigenvalue weighted by atomic mass is 9.96. The summed E-state index contributed by atoms with van der Waals surface area (Å²) in [4.78, 5) is 22.7. The lowest BCUT2D eigenvalue weighted by Crippen LogP contribution is -2.65. The number of hydrogen-bond acceptors (Lipinski definition) is 11. The summed E-state index contributed by atoms with van der Waals surface area (Å²) in [6.45, 7) is 1.54. The highest BCUT2D eigenvalue weighted by atomic mass is 16.7. The first-order chi connectivity index (χ1) is 12.6. The summed E-state index contributed by atoms with van der Waals surface area (Å²) in [6, 6.07) is 0. The fraction of sp³-hybridized carbons (Fsp3) is 0.857. The molecule has 0 aromatic heterocycles. The summed E-state index contributed by atoms with van der Waals surface area (Å²) in [7, 11) is 0. The number of rotatable bonds is 6. The van der Waals surface area contributed by atoms with E-state index in [0.29, 0.717) is 0 Å². The van der Waals surface area contributed by atoms with Crippen molar-refractivity contribution in [3.8, 4) is 0 Å². The Kier molecular flexibility index (Phi) is 7.07. The molecule has 2 saturated heterocycles. The van der Waals surface area contributed by atoms with Crippen LogP contribution in [0.3, 0.4) is 0 Å². The lowest BCUT2D eigenvalue weighted by molar-refractivity contribution is -0.348. The van der Waals surface area contributed by atoms with Crippen LogP contribution in [0.2, 0.25) is 0 Å². The molecule has 0 aromatic rings. The van der Waals surface area contributed by atoms with E-state index in [9.17, 15) is 40.2 Å². The summed E-state index contributed by atoms with van der Waals surface area (Å²) in [5.41, 5.74) is 0. The van der Waals surface area contributed by atoms with Gasteiger partial charge in [-0.2, -0.15) is 0 Å². The van der Waals surface area contributed by atoms with Crippen LogP contribution in [0.15, 0.2) is 0 Å². The minimum atomic E-state index is -2.02. The van der Waals surface area contributed by atoms with Crippen molar-refractivity contribution in [3.05, 3.63) is 0 Å². The molecule has 0 aromatic carbocycles. The highest BCUT2D eigenvalue weighted by molar-refractivity contribution is 5.74. The van der Waals surface area contributed by atoms with Gasteiger partial charge >= 0.3 is 11.9 Å². The summed E-state index contributed by atoms with van der Waals surface area (Å²) in [6.07, 6.45) is -18.5. The standard InChI is InChI=1S/C14H22O13/c1-2-24-7-4(16)6(18)14(27-9(7)11(19)20)26-8-3(15)5(17)13(23)25-10(8)12(21)22/h3-10,13-18,23H,2H2,1H3,(H,19,20)(H,21,22)/t3?,4?,5?,6?,7-,8?,9?,10?,13?,14?/m1/s1. The maximum Gasteiger partial charge on any atom is 0.335 e. The van der Waals surface area contributed by atoms with Crippen LogP contribution in [0.5, 0.6) is 0 Å². The van der Waals surface area contributed by atoms with Gasteiger partial charge in [-0.05, 0) is 6.92 Å². The molecule has 2 heterocycles. The molecule has 9 unspecified atom stereocenters. The van der Waals surface area contributed by atoms with Gasteiger partial charge in [-0.3, -0.25) is 0 Å². The average Bonchev–Trinajstić information content (AvgIpc) is 2.60. The number of ether oxygens (including phenoxy) is 4. The van der Waals surface area contributed by atoms with Gasteiger partial charge in [0.15, 0.2) is 24.8 Å². The van der Waals surface area contributed by atoms with Crippen LogP contribution < -0.4 is 0 Å². The summed E-state index contributed by atoms with van der Waals surface area (Å²) in [5.74, 6) is -3.21. The van der Waals surface area contributed by atoms with E-state index in [1.165, 1.54) is 6.92 Å². The van der Waals surface area contributed by atoms with Crippen molar-refractivity contribution in [1.82, 2.24) is 0 Å². The highest BCUT2D eigenvalue weighted by Gasteiger charge is 2.53. The number of hydrogen-bond donors (Lipinski definition) is 7. The van der Waals surface area contributed by atoms with Crippen molar-refractivity contribution in [2.45, 2.75) is 68.3 Å². The number of carbonyl (C=O) groups is 2. The number of aliphatic carboxylic acids is 2. The second-order valence-electron chi connectivity index (χ2n) is 6.03. The van der Waals surface area contributed by atoms with E-state index in [0.717, 1.165) is 0 Å². The van der Waals surface area contributed by atoms with Crippen LogP contribution in [-0.2, 0) is 28.5 Å². The first kappa shape index (κ1) is 21.9. The Bertz CT molecular complexity index is 541. The Hall–Kier alpha value is -1.42. The van der Waals surface area contributed by atoms with E-state index >= 15 is 0 Å². The second-order valence-corrected chi connectivity index (χ2v) is 6.03. The molecule has 2 fully saturated rings. The molecular formula is C14H22O13. The van der Waals surface area contributed by atoms with Gasteiger partial charge in [-0.1, -0.05) is 0 Å². The predicted octanol–water partition coefficient (Wildman–Crippen LogP) is -4.17. The Morgan fingerprint density at radius 2 is 1.33 bits per heavy atom. The van der Waals surface area contributed by atoms with Crippen molar-refractivity contribution in [2.24, 2.45) is 0 Å². The minimum absolute atomic E-state index is 0.00740. The third kappa shape index (κ3) is 4.37. The quantitative estimate of drug-likeness (QED) is 0.226. The van der Waals surface area contributed by atoms with Crippen molar-refractivity contribution in [2.75, 3.05) is 6.61 Å². The summed E-state index contributed by atoms with van der Waals surface area (Å²) >= 11 is 0. The molecule has 0 saturated carbocycles. The van der Waals surface area contributed by atoms with Gasteiger partial charge in [0.1, 0.15) is 36.6 Å². The number of carboxylic acid groups (broad SMARTS) is 2. The first-order valence-corrected chi connectivity index (χ1v) is 8.04. The zero-order valence-electron chi connectivity index (χ0n) is 14.1. The van der Waals surface area contributed by atoms with E-state index in [1.54, 1.807) is 0 Å². The van der Waals surface area contributed by atoms with Crippen LogP contribution >= 0.6 is 0 Å². The van der Waals surface area contributed by atoms with Crippen molar-refractivity contribution in [3.63, 3.8) is 0 Å². The Morgan fingerprint density at radius 1 is 0.815 bits per heavy atom. The normalized spacial score (nSPS) is 45.4. The minimum Gasteiger partial charge on any atom is -0.479 e. The second kappa shape index (κ2) is 8.72. The van der Waals surface area contributed by atoms with Crippen LogP contribution in [-0.4, -0.2) is 116 Å². The third-order valence-electron chi connectivity index (χ3n) is 4.24. The summed E-state index contributed by atoms with van der Waals surface area (Å²) < 4.78 is 20.0. The monoisotopic (exact) mass is 398 g/mol. The van der Waals surface area contributed by atoms with Gasteiger partial charge in [0.25, 0.3) is 0 Å². The Labute approximate surface area is 152 Å². The zero-order valence-corrected chi connectivity index (χ0v) is 14.1. The molecule has 13 heteroatoms. The topological polar surface area (TPSA) is 213 Å². The Balaban J connectivity index is 2.23. The number of aliphatic hydroxyl groups excluding tert-OH is 5. The van der Waals surface area contributed by atoms with Crippen molar-refractivity contribution >= 4 is 11.9 Å². The fourth-order valence-corrected chi connectivity index (χ4v) is 2.88. The van der Waals surface area contributed by atoms with Crippen molar-refractivity contribution < 1.29 is 64.3 Å². The zero-order chi connectivity index (χ0) is 20.5. The Morgan fingerprint density at radius 3 is 1.85 bits per heavy atom. The molecule has 10 atom stereocenters. The maximum absolute atomic E-state index is 11.4. The number of carboxylic acids is 2. The van der Waals surface area contributed by atoms with E-state index < -0.39 is 73.4 Å². The van der Waals surface area contributed by atoms with Gasteiger partial charge in [0, 0.05) is 6.61 Å². The van der Waals surface area contributed by atoms with E-state index in [1.807, 2.05) is 0 Å². The molecule has 0 radical (unpaired) electrons. The smallest absolute Gasteiger partial charge is 0.335 e. The molecule has 2 aliphatic heterocycles. The predicted molar refractivity (Wildman–Crippen MR) is 79.1 cm³/mol. The number of aliphatic hydroxyl groups is 5. The van der Waals surface area contributed by atoms with E-state index in [-0.39, 0.29) is 6.61 Å². The largest absolute Gasteiger partial charge is 0.479 e. The van der Waals surface area contributed by atoms with Crippen molar-refractivity contribution in [1.29, 1.82) is 0 Å². The van der Waals surface area contributed by atoms with Crippen LogP contribution in [0.25, 0.3) is 0 Å². The van der Waals surface area contributed by atoms with Gasteiger partial charge < -0.3 is 54.7 Å². The van der Waals surface area contributed by atoms with Crippen LogP contribution in [0.1, 0.15) is 6.92 Å². The third-order valence-corrected chi connectivity index (χ3v) is 4.24. The molecule has 0 spiro atoms. The maximum atomic E-state index is 11.4. The fourth-order valence-electron chi connectivity index (χ4n) is 2.88. The molecule has 0 amide bonds. The SMILES string of the molecule is CCO[C@H]1C(C(=O)O)OC(OC2C(C(=O)O)OC(O)C(O)C2O)C(O)C1O. The van der Waals surface area contributed by atoms with Gasteiger partial charge in [0.2, 0.25) is 0 Å². The molecule has 0 bridgehead atoms. The molecule has 156 valence electrons. The lowest BCUT2D eigenvalue weighted by Gasteiger charge is -2.44. The van der Waals surface area contributed by atoms with Crippen LogP contribution in [0.4, 0.5) is 0 Å². The molecule has 2 rings (SSSR count). The van der Waals surface area contributed by atoms with E-state index in [4.69, 9.17) is 19.3 Å². The molecular weight excluding hydrogens is 376 g/mol. The van der Waals surface area contributed by atoms with Gasteiger partial charge in [0.05, 0.1) is 0 Å². The summed E-state index contributed by atoms with van der Waals surface area (Å²) in [5, 5.41) is 67.7. The van der Waals surface area contributed by atoms with E-state index in [2.05, 4.69) is 4.74 Å². The first-order valence-electron chi connectivity index (χ1n) is 8.04.